The maximum Gasteiger partial charge on any atom is 0.326 e. The van der Waals surface area contributed by atoms with Crippen LogP contribution in [0.15, 0.2) is 18.2 Å². The summed E-state index contributed by atoms with van der Waals surface area (Å²) in [6.45, 7) is 6.68. The molecule has 2 fully saturated rings. The van der Waals surface area contributed by atoms with Crippen molar-refractivity contribution >= 4 is 11.9 Å². The van der Waals surface area contributed by atoms with E-state index in [1.54, 1.807) is 0 Å². The van der Waals surface area contributed by atoms with Gasteiger partial charge in [0.2, 0.25) is 0 Å². The minimum atomic E-state index is -1.42. The summed E-state index contributed by atoms with van der Waals surface area (Å²) >= 11 is 0. The Kier molecular flexibility index (Phi) is 4.51. The first-order valence-electron chi connectivity index (χ1n) is 8.18. The van der Waals surface area contributed by atoms with Crippen LogP contribution in [0.2, 0.25) is 0 Å². The number of nitrogens with zero attached hydrogens (tertiary/aromatic N) is 2. The number of hydrogen-bond donors (Lipinski definition) is 1. The number of ether oxygens (including phenoxy) is 1. The van der Waals surface area contributed by atoms with E-state index in [1.807, 2.05) is 18.7 Å². The molecule has 25 heavy (non-hydrogen) atoms. The zero-order valence-electron chi connectivity index (χ0n) is 14.4. The van der Waals surface area contributed by atoms with Crippen LogP contribution >= 0.6 is 0 Å². The Morgan fingerprint density at radius 2 is 1.84 bits per heavy atom. The molecule has 0 bridgehead atoms. The van der Waals surface area contributed by atoms with Gasteiger partial charge in [0.15, 0.2) is 11.6 Å². The molecule has 1 aromatic carbocycles. The summed E-state index contributed by atoms with van der Waals surface area (Å²) in [5.74, 6) is -2.55. The molecule has 2 saturated heterocycles. The number of carbonyl (C=O) groups excluding carboxylic acids is 2. The molecule has 0 aliphatic carbocycles. The van der Waals surface area contributed by atoms with Crippen LogP contribution in [0.5, 0.6) is 0 Å². The van der Waals surface area contributed by atoms with Crippen molar-refractivity contribution in [2.45, 2.75) is 38.5 Å². The zero-order chi connectivity index (χ0) is 18.4. The molecule has 0 aromatic heterocycles. The van der Waals surface area contributed by atoms with E-state index in [-0.39, 0.29) is 24.4 Å². The highest BCUT2D eigenvalue weighted by molar-refractivity contribution is 6.07. The number of amides is 3. The number of imide groups is 1. The summed E-state index contributed by atoms with van der Waals surface area (Å²) in [6, 6.07) is 2.64. The Balaban J connectivity index is 1.80. The highest BCUT2D eigenvalue weighted by atomic mass is 19.2. The fraction of sp³-hybridized carbons (Fsp3) is 0.529. The Bertz CT molecular complexity index is 704. The number of morpholine rings is 1. The minimum absolute atomic E-state index is 0.00194. The van der Waals surface area contributed by atoms with Gasteiger partial charge < -0.3 is 10.1 Å². The van der Waals surface area contributed by atoms with Crippen LogP contribution in [-0.2, 0) is 15.1 Å². The molecule has 8 heteroatoms. The van der Waals surface area contributed by atoms with Crippen molar-refractivity contribution in [1.82, 2.24) is 15.1 Å². The average molecular weight is 353 g/mol. The SMILES string of the molecule is CC1CN(CN2C(=O)NC(C)(c3ccc(F)c(F)c3)C2=O)CC(C)O1. The van der Waals surface area contributed by atoms with Crippen molar-refractivity contribution in [1.29, 1.82) is 0 Å². The molecule has 2 aliphatic heterocycles. The second-order valence-corrected chi connectivity index (χ2v) is 6.85. The lowest BCUT2D eigenvalue weighted by Gasteiger charge is -2.36. The first-order chi connectivity index (χ1) is 11.7. The van der Waals surface area contributed by atoms with Crippen LogP contribution in [0.25, 0.3) is 0 Å². The number of rotatable bonds is 3. The van der Waals surface area contributed by atoms with Crippen LogP contribution in [0.3, 0.4) is 0 Å². The largest absolute Gasteiger partial charge is 0.373 e. The van der Waals surface area contributed by atoms with E-state index in [2.05, 4.69) is 5.32 Å². The van der Waals surface area contributed by atoms with Crippen molar-refractivity contribution in [3.05, 3.63) is 35.4 Å². The number of benzene rings is 1. The van der Waals surface area contributed by atoms with Gasteiger partial charge in [-0.05, 0) is 38.5 Å². The van der Waals surface area contributed by atoms with Gasteiger partial charge in [0.1, 0.15) is 5.54 Å². The van der Waals surface area contributed by atoms with Crippen molar-refractivity contribution in [3.63, 3.8) is 0 Å². The standard InChI is InChI=1S/C17H21F2N3O3/c1-10-7-21(8-11(2)25-10)9-22-15(23)17(3,20-16(22)24)12-4-5-13(18)14(19)6-12/h4-6,10-11H,7-9H2,1-3H3,(H,20,24). The number of carbonyl (C=O) groups is 2. The molecule has 2 heterocycles. The molecule has 1 aromatic rings. The van der Waals surface area contributed by atoms with Crippen molar-refractivity contribution in [2.75, 3.05) is 19.8 Å². The molecule has 136 valence electrons. The van der Waals surface area contributed by atoms with Gasteiger partial charge in [0.05, 0.1) is 18.9 Å². The number of halogens is 2. The number of urea groups is 1. The Labute approximate surface area is 144 Å². The summed E-state index contributed by atoms with van der Waals surface area (Å²) in [5, 5.41) is 2.60. The molecular formula is C17H21F2N3O3. The maximum absolute atomic E-state index is 13.5. The van der Waals surface area contributed by atoms with E-state index >= 15 is 0 Å². The summed E-state index contributed by atoms with van der Waals surface area (Å²) in [6.07, 6.45) is 0.00388. The van der Waals surface area contributed by atoms with E-state index in [4.69, 9.17) is 4.74 Å². The third-order valence-corrected chi connectivity index (χ3v) is 4.61. The molecular weight excluding hydrogens is 332 g/mol. The fourth-order valence-electron chi connectivity index (χ4n) is 3.43. The molecule has 3 rings (SSSR count). The van der Waals surface area contributed by atoms with Crippen LogP contribution in [0, 0.1) is 11.6 Å². The van der Waals surface area contributed by atoms with E-state index < -0.39 is 29.1 Å². The van der Waals surface area contributed by atoms with Gasteiger partial charge in [-0.3, -0.25) is 9.69 Å². The van der Waals surface area contributed by atoms with Crippen LogP contribution in [0.4, 0.5) is 13.6 Å². The first kappa shape index (κ1) is 17.8. The molecule has 3 unspecified atom stereocenters. The van der Waals surface area contributed by atoms with Gasteiger partial charge in [0.25, 0.3) is 5.91 Å². The van der Waals surface area contributed by atoms with E-state index in [9.17, 15) is 18.4 Å². The Hall–Kier alpha value is -2.06. The average Bonchev–Trinajstić information content (AvgIpc) is 2.73. The lowest BCUT2D eigenvalue weighted by atomic mass is 9.92. The maximum atomic E-state index is 13.5. The molecule has 0 saturated carbocycles. The lowest BCUT2D eigenvalue weighted by Crippen LogP contribution is -2.51. The van der Waals surface area contributed by atoms with Gasteiger partial charge in [-0.25, -0.2) is 18.5 Å². The summed E-state index contributed by atoms with van der Waals surface area (Å²) < 4.78 is 32.4. The highest BCUT2D eigenvalue weighted by Crippen LogP contribution is 2.30. The third-order valence-electron chi connectivity index (χ3n) is 4.61. The van der Waals surface area contributed by atoms with Crippen LogP contribution < -0.4 is 5.32 Å². The monoisotopic (exact) mass is 353 g/mol. The Morgan fingerprint density at radius 3 is 2.44 bits per heavy atom. The highest BCUT2D eigenvalue weighted by Gasteiger charge is 2.49. The molecule has 6 nitrogen and oxygen atoms in total. The lowest BCUT2D eigenvalue weighted by molar-refractivity contribution is -0.135. The second-order valence-electron chi connectivity index (χ2n) is 6.85. The minimum Gasteiger partial charge on any atom is -0.373 e. The zero-order valence-corrected chi connectivity index (χ0v) is 14.4. The molecule has 3 amide bonds. The quantitative estimate of drug-likeness (QED) is 0.842. The molecule has 0 radical (unpaired) electrons. The van der Waals surface area contributed by atoms with Crippen molar-refractivity contribution in [2.24, 2.45) is 0 Å². The topological polar surface area (TPSA) is 61.9 Å². The van der Waals surface area contributed by atoms with E-state index in [0.29, 0.717) is 13.1 Å². The predicted molar refractivity (Wildman–Crippen MR) is 85.5 cm³/mol. The molecule has 3 atom stereocenters. The first-order valence-corrected chi connectivity index (χ1v) is 8.18. The van der Waals surface area contributed by atoms with Crippen molar-refractivity contribution in [3.8, 4) is 0 Å². The number of hydrogen-bond acceptors (Lipinski definition) is 4. The van der Waals surface area contributed by atoms with Crippen LogP contribution in [0.1, 0.15) is 26.3 Å². The van der Waals surface area contributed by atoms with Gasteiger partial charge in [0, 0.05) is 13.1 Å². The van der Waals surface area contributed by atoms with E-state index in [1.165, 1.54) is 13.0 Å². The summed E-state index contributed by atoms with van der Waals surface area (Å²) in [5.41, 5.74) is -1.22. The van der Waals surface area contributed by atoms with Gasteiger partial charge in [-0.1, -0.05) is 6.07 Å². The van der Waals surface area contributed by atoms with Crippen molar-refractivity contribution < 1.29 is 23.1 Å². The van der Waals surface area contributed by atoms with Gasteiger partial charge >= 0.3 is 6.03 Å². The molecule has 0 spiro atoms. The van der Waals surface area contributed by atoms with E-state index in [0.717, 1.165) is 17.0 Å². The smallest absolute Gasteiger partial charge is 0.326 e. The molecule has 1 N–H and O–H groups in total. The normalized spacial score (nSPS) is 30.7. The molecule has 2 aliphatic rings. The summed E-state index contributed by atoms with van der Waals surface area (Å²) in [4.78, 5) is 28.2. The van der Waals surface area contributed by atoms with Crippen LogP contribution in [-0.4, -0.2) is 53.7 Å². The van der Waals surface area contributed by atoms with Gasteiger partial charge in [-0.2, -0.15) is 0 Å². The second kappa shape index (κ2) is 6.34. The predicted octanol–water partition coefficient (Wildman–Crippen LogP) is 1.80. The Morgan fingerprint density at radius 1 is 1.20 bits per heavy atom. The fourth-order valence-corrected chi connectivity index (χ4v) is 3.43. The third kappa shape index (κ3) is 3.23. The summed E-state index contributed by atoms with van der Waals surface area (Å²) in [7, 11) is 0. The number of nitrogens with one attached hydrogen (secondary N) is 1. The van der Waals surface area contributed by atoms with Gasteiger partial charge in [-0.15, -0.1) is 0 Å².